The number of esters is 3. The summed E-state index contributed by atoms with van der Waals surface area (Å²) in [5, 5.41) is 9.88. The molecule has 0 aromatic heterocycles. The molecule has 0 bridgehead atoms. The lowest BCUT2D eigenvalue weighted by Crippen LogP contribution is -2.30. The number of ether oxygens (including phenoxy) is 3. The van der Waals surface area contributed by atoms with Gasteiger partial charge < -0.3 is 24.2 Å². The van der Waals surface area contributed by atoms with Gasteiger partial charge >= 0.3 is 25.7 Å². The molecule has 0 aromatic carbocycles. The van der Waals surface area contributed by atoms with E-state index >= 15 is 0 Å². The fraction of sp³-hybridized carbons (Fsp3) is 0.900. The monoisotopic (exact) mass is 1180 g/mol. The van der Waals surface area contributed by atoms with Crippen molar-refractivity contribution in [3.8, 4) is 0 Å². The lowest BCUT2D eigenvalue weighted by Gasteiger charge is -2.21. The van der Waals surface area contributed by atoms with Crippen LogP contribution in [-0.2, 0) is 42.2 Å². The van der Waals surface area contributed by atoms with E-state index in [1.807, 2.05) is 0 Å². The molecular weight excluding hydrogens is 1050 g/mol. The molecule has 0 heterocycles. The molecule has 0 fully saturated rings. The number of phosphoric ester groups is 1. The number of hydrogen-bond acceptors (Lipinski definition) is 10. The second kappa shape index (κ2) is 64.9. The van der Waals surface area contributed by atoms with Gasteiger partial charge in [-0.2, -0.15) is 0 Å². The van der Waals surface area contributed by atoms with Gasteiger partial charge in [0, 0.05) is 19.3 Å². The van der Waals surface area contributed by atoms with Crippen molar-refractivity contribution in [2.75, 3.05) is 26.4 Å². The van der Waals surface area contributed by atoms with Crippen LogP contribution in [0.5, 0.6) is 0 Å². The van der Waals surface area contributed by atoms with Crippen LogP contribution in [0.2, 0.25) is 0 Å². The molecular formula is C70H133O11P. The van der Waals surface area contributed by atoms with Crippen molar-refractivity contribution >= 4 is 25.7 Å². The summed E-state index contributed by atoms with van der Waals surface area (Å²) in [5.74, 6) is -1.43. The summed E-state index contributed by atoms with van der Waals surface area (Å²) in [5.41, 5.74) is 0. The number of carbonyl (C=O) groups is 3. The summed E-state index contributed by atoms with van der Waals surface area (Å²) in [6.45, 7) is 4.73. The Morgan fingerprint density at radius 3 is 0.841 bits per heavy atom. The Balaban J connectivity index is 4.63. The Labute approximate surface area is 506 Å². The highest BCUT2D eigenvalue weighted by Gasteiger charge is 2.28. The highest BCUT2D eigenvalue weighted by molar-refractivity contribution is 7.47. The van der Waals surface area contributed by atoms with E-state index in [9.17, 15) is 28.9 Å². The topological polar surface area (TPSA) is 155 Å². The highest BCUT2D eigenvalue weighted by atomic mass is 31.2. The first-order chi connectivity index (χ1) is 40.2. The molecule has 0 aliphatic heterocycles. The van der Waals surface area contributed by atoms with E-state index in [-0.39, 0.29) is 25.9 Å². The lowest BCUT2D eigenvalue weighted by molar-refractivity contribution is -0.161. The van der Waals surface area contributed by atoms with Crippen LogP contribution >= 0.6 is 7.82 Å². The maximum absolute atomic E-state index is 13.0. The van der Waals surface area contributed by atoms with Crippen LogP contribution in [0.3, 0.4) is 0 Å². The summed E-state index contributed by atoms with van der Waals surface area (Å²) in [7, 11) is -4.75. The SMILES string of the molecule is CCCCCCCC/C=C\CCCCCCCCCCCC(=O)OC(COC(=O)CCCCCCCCCCCCCCCCCCCCC)COP(=O)(O)OCC(CO)OC(=O)CCCCCCCCC/C=C\CCCCCCCC. The molecule has 0 spiro atoms. The average molecular weight is 1180 g/mol. The average Bonchev–Trinajstić information content (AvgIpc) is 3.50. The molecule has 11 nitrogen and oxygen atoms in total. The summed E-state index contributed by atoms with van der Waals surface area (Å²) in [6, 6.07) is 0. The minimum Gasteiger partial charge on any atom is -0.462 e. The van der Waals surface area contributed by atoms with E-state index < -0.39 is 57.8 Å². The van der Waals surface area contributed by atoms with E-state index in [2.05, 4.69) is 45.1 Å². The predicted molar refractivity (Wildman–Crippen MR) is 344 cm³/mol. The maximum atomic E-state index is 13.0. The van der Waals surface area contributed by atoms with Crippen LogP contribution in [0.1, 0.15) is 367 Å². The minimum absolute atomic E-state index is 0.171. The van der Waals surface area contributed by atoms with Gasteiger partial charge in [-0.1, -0.05) is 302 Å². The maximum Gasteiger partial charge on any atom is 0.472 e. The van der Waals surface area contributed by atoms with E-state index in [0.29, 0.717) is 19.3 Å². The van der Waals surface area contributed by atoms with Gasteiger partial charge in [0.05, 0.1) is 19.8 Å². The zero-order valence-corrected chi connectivity index (χ0v) is 54.9. The van der Waals surface area contributed by atoms with Gasteiger partial charge in [0.1, 0.15) is 12.7 Å². The molecule has 0 radical (unpaired) electrons. The second-order valence-electron chi connectivity index (χ2n) is 24.1. The molecule has 12 heteroatoms. The standard InChI is InChI=1S/C70H133O11P/c1-4-7-10-13-16-19-22-25-28-31-33-36-38-41-44-47-50-53-56-59-68(72)77-63-67(81-70(74)61-58-55-52-49-46-43-40-37-34-32-29-26-23-20-17-14-11-8-5-2)65-79-82(75,76)78-64-66(62-71)80-69(73)60-57-54-51-48-45-42-39-35-30-27-24-21-18-15-12-9-6-3/h26-27,29-30,66-67,71H,4-25,28,31-65H2,1-3H3,(H,75,76)/b29-26-,30-27-. The van der Waals surface area contributed by atoms with Crippen molar-refractivity contribution in [2.24, 2.45) is 0 Å². The number of hydrogen-bond donors (Lipinski definition) is 2. The molecule has 0 aliphatic carbocycles. The molecule has 0 saturated carbocycles. The highest BCUT2D eigenvalue weighted by Crippen LogP contribution is 2.43. The second-order valence-corrected chi connectivity index (χ2v) is 25.5. The number of aliphatic hydroxyl groups is 1. The largest absolute Gasteiger partial charge is 0.472 e. The first-order valence-corrected chi connectivity index (χ1v) is 36.7. The Hall–Kier alpha value is -2.04. The predicted octanol–water partition coefficient (Wildman–Crippen LogP) is 21.7. The number of phosphoric acid groups is 1. The Bertz CT molecular complexity index is 1470. The number of unbranched alkanes of at least 4 members (excludes halogenated alkanes) is 46. The molecule has 0 amide bonds. The molecule has 82 heavy (non-hydrogen) atoms. The smallest absolute Gasteiger partial charge is 0.462 e. The molecule has 3 atom stereocenters. The minimum atomic E-state index is -4.75. The molecule has 0 rings (SSSR count). The summed E-state index contributed by atoms with van der Waals surface area (Å²) in [6.07, 6.45) is 69.8. The molecule has 2 N–H and O–H groups in total. The van der Waals surface area contributed by atoms with Gasteiger partial charge in [0.15, 0.2) is 6.10 Å². The Morgan fingerprint density at radius 2 is 0.561 bits per heavy atom. The zero-order chi connectivity index (χ0) is 59.8. The summed E-state index contributed by atoms with van der Waals surface area (Å²) < 4.78 is 39.8. The van der Waals surface area contributed by atoms with Crippen molar-refractivity contribution in [3.05, 3.63) is 24.3 Å². The third-order valence-electron chi connectivity index (χ3n) is 15.8. The Morgan fingerprint density at radius 1 is 0.329 bits per heavy atom. The van der Waals surface area contributed by atoms with Crippen LogP contribution in [0.4, 0.5) is 0 Å². The zero-order valence-electron chi connectivity index (χ0n) is 54.0. The van der Waals surface area contributed by atoms with Gasteiger partial charge in [-0.3, -0.25) is 23.4 Å². The molecule has 3 unspecified atom stereocenters. The number of rotatable bonds is 67. The van der Waals surface area contributed by atoms with Crippen molar-refractivity contribution in [2.45, 2.75) is 380 Å². The number of aliphatic hydroxyl groups excluding tert-OH is 1. The lowest BCUT2D eigenvalue weighted by atomic mass is 10.0. The van der Waals surface area contributed by atoms with Crippen LogP contribution in [0.25, 0.3) is 0 Å². The third-order valence-corrected chi connectivity index (χ3v) is 16.8. The molecule has 484 valence electrons. The molecule has 0 aromatic rings. The summed E-state index contributed by atoms with van der Waals surface area (Å²) in [4.78, 5) is 48.9. The van der Waals surface area contributed by atoms with Crippen LogP contribution in [0.15, 0.2) is 24.3 Å². The van der Waals surface area contributed by atoms with Crippen molar-refractivity contribution in [1.29, 1.82) is 0 Å². The quantitative estimate of drug-likeness (QED) is 0.0197. The van der Waals surface area contributed by atoms with Crippen LogP contribution in [-0.4, -0.2) is 66.5 Å². The first-order valence-electron chi connectivity index (χ1n) is 35.2. The van der Waals surface area contributed by atoms with Gasteiger partial charge in [0.2, 0.25) is 0 Å². The van der Waals surface area contributed by atoms with Gasteiger partial charge in [-0.15, -0.1) is 0 Å². The van der Waals surface area contributed by atoms with Gasteiger partial charge in [-0.25, -0.2) is 4.57 Å². The van der Waals surface area contributed by atoms with Crippen LogP contribution in [0, 0.1) is 0 Å². The third kappa shape index (κ3) is 62.5. The van der Waals surface area contributed by atoms with E-state index in [4.69, 9.17) is 23.3 Å². The van der Waals surface area contributed by atoms with Crippen molar-refractivity contribution in [3.63, 3.8) is 0 Å². The Kier molecular flexibility index (Phi) is 63.3. The normalized spacial score (nSPS) is 13.3. The van der Waals surface area contributed by atoms with E-state index in [1.54, 1.807) is 0 Å². The van der Waals surface area contributed by atoms with Gasteiger partial charge in [-0.05, 0) is 70.6 Å². The van der Waals surface area contributed by atoms with Crippen molar-refractivity contribution < 1.29 is 52.2 Å². The number of carbonyl (C=O) groups excluding carboxylic acids is 3. The first kappa shape index (κ1) is 80.0. The van der Waals surface area contributed by atoms with Crippen molar-refractivity contribution in [1.82, 2.24) is 0 Å². The summed E-state index contributed by atoms with van der Waals surface area (Å²) >= 11 is 0. The fourth-order valence-electron chi connectivity index (χ4n) is 10.5. The molecule has 0 aliphatic rings. The number of allylic oxidation sites excluding steroid dienone is 4. The van der Waals surface area contributed by atoms with Gasteiger partial charge in [0.25, 0.3) is 0 Å². The van der Waals surface area contributed by atoms with Crippen LogP contribution < -0.4 is 0 Å². The van der Waals surface area contributed by atoms with E-state index in [0.717, 1.165) is 64.2 Å². The fourth-order valence-corrected chi connectivity index (χ4v) is 11.3. The molecule has 0 saturated heterocycles. The van der Waals surface area contributed by atoms with E-state index in [1.165, 1.54) is 244 Å².